The number of nitrogens with zero attached hydrogens (tertiary/aromatic N) is 2. The van der Waals surface area contributed by atoms with Crippen LogP contribution in [0.3, 0.4) is 0 Å². The second-order valence-electron chi connectivity index (χ2n) is 7.02. The highest BCUT2D eigenvalue weighted by Gasteiger charge is 2.25. The van der Waals surface area contributed by atoms with Gasteiger partial charge in [-0.1, -0.05) is 31.8 Å². The van der Waals surface area contributed by atoms with E-state index in [1.54, 1.807) is 13.0 Å². The predicted molar refractivity (Wildman–Crippen MR) is 90.9 cm³/mol. The molecule has 3 rings (SSSR count). The summed E-state index contributed by atoms with van der Waals surface area (Å²) >= 11 is 0. The average Bonchev–Trinajstić information content (AvgIpc) is 3.21. The predicted octanol–water partition coefficient (Wildman–Crippen LogP) is 2.94. The highest BCUT2D eigenvalue weighted by Crippen LogP contribution is 2.28. The van der Waals surface area contributed by atoms with Gasteiger partial charge in [0.05, 0.1) is 22.7 Å². The number of carbonyl (C=O) groups excluding carboxylic acids is 1. The van der Waals surface area contributed by atoms with E-state index >= 15 is 0 Å². The van der Waals surface area contributed by atoms with Gasteiger partial charge in [-0.25, -0.2) is 4.98 Å². The first-order chi connectivity index (χ1) is 11.5. The Bertz CT molecular complexity index is 732. The van der Waals surface area contributed by atoms with Crippen LogP contribution in [0, 0.1) is 12.8 Å². The molecule has 2 aromatic heterocycles. The number of hydrogen-bond acceptors (Lipinski definition) is 5. The fourth-order valence-electron chi connectivity index (χ4n) is 3.39. The summed E-state index contributed by atoms with van der Waals surface area (Å²) in [4.78, 5) is 17.1. The Labute approximate surface area is 141 Å². The summed E-state index contributed by atoms with van der Waals surface area (Å²) in [6.45, 7) is 6.10. The molecule has 6 heteroatoms. The van der Waals surface area contributed by atoms with Crippen LogP contribution in [0.4, 0.5) is 0 Å². The molecule has 24 heavy (non-hydrogen) atoms. The van der Waals surface area contributed by atoms with Crippen LogP contribution in [0.15, 0.2) is 10.6 Å². The van der Waals surface area contributed by atoms with Crippen molar-refractivity contribution in [2.45, 2.75) is 58.5 Å². The molecule has 0 saturated heterocycles. The fraction of sp³-hybridized carbons (Fsp3) is 0.611. The quantitative estimate of drug-likeness (QED) is 0.879. The lowest BCUT2D eigenvalue weighted by Gasteiger charge is -2.18. The number of aliphatic hydroxyl groups excluding tert-OH is 1. The van der Waals surface area contributed by atoms with Crippen LogP contribution < -0.4 is 5.32 Å². The number of amides is 1. The van der Waals surface area contributed by atoms with Gasteiger partial charge >= 0.3 is 0 Å². The van der Waals surface area contributed by atoms with Crippen LogP contribution >= 0.6 is 0 Å². The molecule has 6 nitrogen and oxygen atoms in total. The Hall–Kier alpha value is -1.95. The SMILES string of the molecule is Cc1noc2nc(C(C)C)cc(C(=O)NCC(O)C3CCCC3)c12. The normalized spacial score (nSPS) is 16.9. The van der Waals surface area contributed by atoms with Crippen LogP contribution in [0.1, 0.15) is 67.2 Å². The smallest absolute Gasteiger partial charge is 0.259 e. The highest BCUT2D eigenvalue weighted by molar-refractivity contribution is 6.06. The zero-order chi connectivity index (χ0) is 17.3. The number of carbonyl (C=O) groups is 1. The third kappa shape index (κ3) is 3.29. The number of aliphatic hydroxyl groups is 1. The molecule has 0 bridgehead atoms. The van der Waals surface area contributed by atoms with Crippen molar-refractivity contribution in [2.75, 3.05) is 6.54 Å². The second-order valence-corrected chi connectivity index (χ2v) is 7.02. The minimum absolute atomic E-state index is 0.176. The maximum atomic E-state index is 12.7. The average molecular weight is 331 g/mol. The van der Waals surface area contributed by atoms with E-state index in [0.29, 0.717) is 28.3 Å². The molecule has 0 aliphatic heterocycles. The molecule has 1 saturated carbocycles. The Morgan fingerprint density at radius 3 is 2.79 bits per heavy atom. The number of aryl methyl sites for hydroxylation is 1. The van der Waals surface area contributed by atoms with Crippen molar-refractivity contribution in [3.63, 3.8) is 0 Å². The van der Waals surface area contributed by atoms with Gasteiger partial charge < -0.3 is 14.9 Å². The lowest BCUT2D eigenvalue weighted by Crippen LogP contribution is -2.35. The lowest BCUT2D eigenvalue weighted by atomic mass is 10.0. The largest absolute Gasteiger partial charge is 0.391 e. The van der Waals surface area contributed by atoms with Gasteiger partial charge in [0.1, 0.15) is 0 Å². The Morgan fingerprint density at radius 2 is 2.12 bits per heavy atom. The van der Waals surface area contributed by atoms with Crippen molar-refractivity contribution < 1.29 is 14.4 Å². The molecular weight excluding hydrogens is 306 g/mol. The molecular formula is C18H25N3O3. The van der Waals surface area contributed by atoms with Gasteiger partial charge in [-0.05, 0) is 37.7 Å². The van der Waals surface area contributed by atoms with E-state index in [1.807, 2.05) is 13.8 Å². The molecule has 0 spiro atoms. The summed E-state index contributed by atoms with van der Waals surface area (Å²) in [6.07, 6.45) is 3.93. The summed E-state index contributed by atoms with van der Waals surface area (Å²) in [7, 11) is 0. The minimum Gasteiger partial charge on any atom is -0.391 e. The number of nitrogens with one attached hydrogen (secondary N) is 1. The van der Waals surface area contributed by atoms with E-state index in [9.17, 15) is 9.90 Å². The molecule has 2 aromatic rings. The third-order valence-corrected chi connectivity index (χ3v) is 4.89. The molecule has 0 radical (unpaired) electrons. The summed E-state index contributed by atoms with van der Waals surface area (Å²) < 4.78 is 5.25. The van der Waals surface area contributed by atoms with Crippen molar-refractivity contribution in [1.29, 1.82) is 0 Å². The standard InChI is InChI=1S/C18H25N3O3/c1-10(2)14-8-13(16-11(3)21-24-18(16)20-14)17(23)19-9-15(22)12-6-4-5-7-12/h8,10,12,15,22H,4-7,9H2,1-3H3,(H,19,23). The number of pyridine rings is 1. The third-order valence-electron chi connectivity index (χ3n) is 4.89. The van der Waals surface area contributed by atoms with Gasteiger partial charge in [-0.3, -0.25) is 4.79 Å². The van der Waals surface area contributed by atoms with Crippen LogP contribution in [-0.4, -0.2) is 33.8 Å². The van der Waals surface area contributed by atoms with E-state index in [0.717, 1.165) is 31.4 Å². The van der Waals surface area contributed by atoms with Gasteiger partial charge in [0.2, 0.25) is 0 Å². The van der Waals surface area contributed by atoms with Gasteiger partial charge in [0.15, 0.2) is 0 Å². The van der Waals surface area contributed by atoms with Gasteiger partial charge in [-0.2, -0.15) is 0 Å². The van der Waals surface area contributed by atoms with E-state index < -0.39 is 6.10 Å². The van der Waals surface area contributed by atoms with Crippen LogP contribution in [0.25, 0.3) is 11.1 Å². The highest BCUT2D eigenvalue weighted by atomic mass is 16.5. The van der Waals surface area contributed by atoms with Crippen LogP contribution in [0.2, 0.25) is 0 Å². The number of fused-ring (bicyclic) bond motifs is 1. The first kappa shape index (κ1) is 16.9. The minimum atomic E-state index is -0.484. The molecule has 1 aliphatic carbocycles. The molecule has 1 fully saturated rings. The molecule has 0 aromatic carbocycles. The zero-order valence-corrected chi connectivity index (χ0v) is 14.5. The van der Waals surface area contributed by atoms with E-state index in [4.69, 9.17) is 4.52 Å². The topological polar surface area (TPSA) is 88.2 Å². The van der Waals surface area contributed by atoms with Crippen molar-refractivity contribution in [3.05, 3.63) is 23.0 Å². The molecule has 1 amide bonds. The van der Waals surface area contributed by atoms with E-state index in [-0.39, 0.29) is 18.4 Å². The zero-order valence-electron chi connectivity index (χ0n) is 14.5. The van der Waals surface area contributed by atoms with Crippen LogP contribution in [-0.2, 0) is 0 Å². The van der Waals surface area contributed by atoms with E-state index in [2.05, 4.69) is 15.5 Å². The molecule has 1 aliphatic rings. The number of aromatic nitrogens is 2. The number of hydrogen-bond donors (Lipinski definition) is 2. The first-order valence-corrected chi connectivity index (χ1v) is 8.70. The monoisotopic (exact) mass is 331 g/mol. The molecule has 1 atom stereocenters. The van der Waals surface area contributed by atoms with E-state index in [1.165, 1.54) is 0 Å². The van der Waals surface area contributed by atoms with Gasteiger partial charge in [0, 0.05) is 12.2 Å². The number of rotatable bonds is 5. The Kier molecular flexibility index (Phi) is 4.85. The molecule has 130 valence electrons. The van der Waals surface area contributed by atoms with Gasteiger partial charge in [0.25, 0.3) is 11.6 Å². The summed E-state index contributed by atoms with van der Waals surface area (Å²) in [5.74, 6) is 0.259. The second kappa shape index (κ2) is 6.89. The van der Waals surface area contributed by atoms with Crippen molar-refractivity contribution in [1.82, 2.24) is 15.5 Å². The lowest BCUT2D eigenvalue weighted by molar-refractivity contribution is 0.0842. The van der Waals surface area contributed by atoms with Crippen molar-refractivity contribution in [2.24, 2.45) is 5.92 Å². The molecule has 1 unspecified atom stereocenters. The van der Waals surface area contributed by atoms with Crippen molar-refractivity contribution >= 4 is 17.0 Å². The first-order valence-electron chi connectivity index (χ1n) is 8.70. The molecule has 2 N–H and O–H groups in total. The molecule has 2 heterocycles. The van der Waals surface area contributed by atoms with Gasteiger partial charge in [-0.15, -0.1) is 0 Å². The maximum absolute atomic E-state index is 12.7. The Balaban J connectivity index is 1.81. The maximum Gasteiger partial charge on any atom is 0.259 e. The summed E-state index contributed by atoms with van der Waals surface area (Å²) in [6, 6.07) is 1.80. The summed E-state index contributed by atoms with van der Waals surface area (Å²) in [5.41, 5.74) is 2.34. The van der Waals surface area contributed by atoms with Crippen molar-refractivity contribution in [3.8, 4) is 0 Å². The Morgan fingerprint density at radius 1 is 1.42 bits per heavy atom. The summed E-state index contributed by atoms with van der Waals surface area (Å²) in [5, 5.41) is 17.7. The fourth-order valence-corrected chi connectivity index (χ4v) is 3.39. The van der Waals surface area contributed by atoms with Crippen LogP contribution in [0.5, 0.6) is 0 Å².